The van der Waals surface area contributed by atoms with Gasteiger partial charge in [-0.25, -0.2) is 10.2 Å². The Morgan fingerprint density at radius 3 is 2.61 bits per heavy atom. The average Bonchev–Trinajstić information content (AvgIpc) is 3.22. The van der Waals surface area contributed by atoms with Gasteiger partial charge >= 0.3 is 5.97 Å². The molecular weight excluding hydrogens is 491 g/mol. The van der Waals surface area contributed by atoms with E-state index in [-0.39, 0.29) is 11.5 Å². The number of hydrogen-bond donors (Lipinski definition) is 2. The van der Waals surface area contributed by atoms with Gasteiger partial charge in [-0.05, 0) is 75.5 Å². The fourth-order valence-corrected chi connectivity index (χ4v) is 3.56. The summed E-state index contributed by atoms with van der Waals surface area (Å²) in [5.41, 5.74) is 4.44. The Morgan fingerprint density at radius 2 is 1.96 bits per heavy atom. The Bertz CT molecular complexity index is 1000. The van der Waals surface area contributed by atoms with Crippen LogP contribution < -0.4 is 10.2 Å². The molecule has 1 aromatic heterocycles. The highest BCUT2D eigenvalue weighted by atomic mass is 127. The zero-order chi connectivity index (χ0) is 19.9. The number of hydrazone groups is 1. The number of amides is 1. The second-order valence-corrected chi connectivity index (χ2v) is 7.77. The largest absolute Gasteiger partial charge is 0.488 e. The Morgan fingerprint density at radius 1 is 1.18 bits per heavy atom. The molecule has 1 heterocycles. The Hall–Kier alpha value is -2.72. The second kappa shape index (κ2) is 9.47. The third-order valence-corrected chi connectivity index (χ3v) is 5.39. The zero-order valence-corrected chi connectivity index (χ0v) is 17.4. The van der Waals surface area contributed by atoms with Crippen LogP contribution in [-0.2, 0) is 6.61 Å². The number of carbonyl (C=O) groups is 2. The molecule has 0 aliphatic carbocycles. The quantitative estimate of drug-likeness (QED) is 0.283. The van der Waals surface area contributed by atoms with Crippen LogP contribution in [0.2, 0.25) is 0 Å². The van der Waals surface area contributed by atoms with Crippen molar-refractivity contribution >= 4 is 52.0 Å². The van der Waals surface area contributed by atoms with Crippen molar-refractivity contribution in [1.29, 1.82) is 0 Å². The SMILES string of the molecule is O=C(O)c1ccc(COc2ccc(C=NNC(=O)c3cccs3)cc2I)cc1. The number of carboxylic acids is 1. The molecule has 0 fully saturated rings. The van der Waals surface area contributed by atoms with Crippen molar-refractivity contribution in [3.63, 3.8) is 0 Å². The summed E-state index contributed by atoms with van der Waals surface area (Å²) in [6, 6.07) is 15.7. The fourth-order valence-electron chi connectivity index (χ4n) is 2.25. The molecule has 0 spiro atoms. The summed E-state index contributed by atoms with van der Waals surface area (Å²) in [5.74, 6) is -0.483. The molecular formula is C20H15IN2O4S. The highest BCUT2D eigenvalue weighted by Gasteiger charge is 2.06. The second-order valence-electron chi connectivity index (χ2n) is 5.66. The van der Waals surface area contributed by atoms with Crippen molar-refractivity contribution in [3.8, 4) is 5.75 Å². The summed E-state index contributed by atoms with van der Waals surface area (Å²) in [6.07, 6.45) is 1.57. The van der Waals surface area contributed by atoms with Gasteiger partial charge in [-0.2, -0.15) is 5.10 Å². The Kier molecular flexibility index (Phi) is 6.77. The van der Waals surface area contributed by atoms with Gasteiger partial charge in [-0.3, -0.25) is 4.79 Å². The van der Waals surface area contributed by atoms with E-state index in [1.165, 1.54) is 11.3 Å². The van der Waals surface area contributed by atoms with Crippen LogP contribution in [0, 0.1) is 3.57 Å². The fraction of sp³-hybridized carbons (Fsp3) is 0.0500. The molecule has 3 rings (SSSR count). The average molecular weight is 506 g/mol. The maximum absolute atomic E-state index is 11.8. The number of ether oxygens (including phenoxy) is 1. The van der Waals surface area contributed by atoms with Gasteiger partial charge in [-0.15, -0.1) is 11.3 Å². The molecule has 0 aliphatic rings. The maximum Gasteiger partial charge on any atom is 0.335 e. The van der Waals surface area contributed by atoms with Crippen LogP contribution >= 0.6 is 33.9 Å². The zero-order valence-electron chi connectivity index (χ0n) is 14.5. The standard InChI is InChI=1S/C20H15IN2O4S/c21-16-10-14(11-22-23-19(24)18-2-1-9-28-18)5-8-17(16)27-12-13-3-6-15(7-4-13)20(25)26/h1-11H,12H2,(H,23,24)(H,25,26). The van der Waals surface area contributed by atoms with Crippen molar-refractivity contribution < 1.29 is 19.4 Å². The smallest absolute Gasteiger partial charge is 0.335 e. The van der Waals surface area contributed by atoms with Crippen molar-refractivity contribution in [1.82, 2.24) is 5.43 Å². The summed E-state index contributed by atoms with van der Waals surface area (Å²) in [4.78, 5) is 23.3. The van der Waals surface area contributed by atoms with Gasteiger partial charge in [0.25, 0.3) is 5.91 Å². The minimum Gasteiger partial charge on any atom is -0.488 e. The van der Waals surface area contributed by atoms with E-state index in [0.29, 0.717) is 17.2 Å². The molecule has 2 N–H and O–H groups in total. The van der Waals surface area contributed by atoms with Crippen molar-refractivity contribution in [2.45, 2.75) is 6.61 Å². The van der Waals surface area contributed by atoms with Gasteiger partial charge in [0.05, 0.1) is 20.2 Å². The van der Waals surface area contributed by atoms with E-state index >= 15 is 0 Å². The third-order valence-electron chi connectivity index (χ3n) is 3.68. The van der Waals surface area contributed by atoms with E-state index in [4.69, 9.17) is 9.84 Å². The number of hydrogen-bond acceptors (Lipinski definition) is 5. The predicted molar refractivity (Wildman–Crippen MR) is 116 cm³/mol. The van der Waals surface area contributed by atoms with Gasteiger partial charge in [0.15, 0.2) is 0 Å². The number of nitrogens with one attached hydrogen (secondary N) is 1. The number of rotatable bonds is 7. The molecule has 3 aromatic rings. The van der Waals surface area contributed by atoms with Crippen LogP contribution in [-0.4, -0.2) is 23.2 Å². The van der Waals surface area contributed by atoms with Gasteiger partial charge in [0, 0.05) is 0 Å². The lowest BCUT2D eigenvalue weighted by Gasteiger charge is -2.09. The number of carboxylic acid groups (broad SMARTS) is 1. The molecule has 0 saturated heterocycles. The lowest BCUT2D eigenvalue weighted by atomic mass is 10.1. The van der Waals surface area contributed by atoms with Gasteiger partial charge in [0.2, 0.25) is 0 Å². The number of aromatic carboxylic acids is 1. The molecule has 8 heteroatoms. The monoisotopic (exact) mass is 506 g/mol. The molecule has 6 nitrogen and oxygen atoms in total. The van der Waals surface area contributed by atoms with Crippen LogP contribution in [0.5, 0.6) is 5.75 Å². The molecule has 0 unspecified atom stereocenters. The number of benzene rings is 2. The van der Waals surface area contributed by atoms with Crippen LogP contribution in [0.15, 0.2) is 65.1 Å². The van der Waals surface area contributed by atoms with Gasteiger partial charge < -0.3 is 9.84 Å². The summed E-state index contributed by atoms with van der Waals surface area (Å²) < 4.78 is 6.70. The molecule has 0 radical (unpaired) electrons. The lowest BCUT2D eigenvalue weighted by Crippen LogP contribution is -2.16. The van der Waals surface area contributed by atoms with E-state index in [0.717, 1.165) is 14.7 Å². The van der Waals surface area contributed by atoms with Crippen molar-refractivity contribution in [3.05, 3.63) is 85.1 Å². The Balaban J connectivity index is 1.56. The van der Waals surface area contributed by atoms with Crippen LogP contribution in [0.4, 0.5) is 0 Å². The topological polar surface area (TPSA) is 88.0 Å². The molecule has 0 aliphatic heterocycles. The first-order valence-electron chi connectivity index (χ1n) is 8.14. The number of thiophene rings is 1. The molecule has 0 saturated carbocycles. The van der Waals surface area contributed by atoms with E-state index in [2.05, 4.69) is 33.1 Å². The first-order valence-corrected chi connectivity index (χ1v) is 10.1. The van der Waals surface area contributed by atoms with E-state index in [1.807, 2.05) is 29.6 Å². The van der Waals surface area contributed by atoms with Crippen LogP contribution in [0.1, 0.15) is 31.2 Å². The van der Waals surface area contributed by atoms with Gasteiger partial charge in [0.1, 0.15) is 12.4 Å². The molecule has 0 atom stereocenters. The van der Waals surface area contributed by atoms with E-state index in [9.17, 15) is 9.59 Å². The minimum atomic E-state index is -0.953. The number of nitrogens with zero attached hydrogens (tertiary/aromatic N) is 1. The predicted octanol–water partition coefficient (Wildman–Crippen LogP) is 4.39. The molecule has 2 aromatic carbocycles. The van der Waals surface area contributed by atoms with Crippen LogP contribution in [0.3, 0.4) is 0 Å². The van der Waals surface area contributed by atoms with Crippen molar-refractivity contribution in [2.75, 3.05) is 0 Å². The summed E-state index contributed by atoms with van der Waals surface area (Å²) in [7, 11) is 0. The normalized spacial score (nSPS) is 10.8. The number of carbonyl (C=O) groups excluding carboxylic acids is 1. The van der Waals surface area contributed by atoms with Crippen molar-refractivity contribution in [2.24, 2.45) is 5.10 Å². The van der Waals surface area contributed by atoms with E-state index < -0.39 is 5.97 Å². The summed E-state index contributed by atoms with van der Waals surface area (Å²) in [6.45, 7) is 0.334. The highest BCUT2D eigenvalue weighted by Crippen LogP contribution is 2.22. The van der Waals surface area contributed by atoms with Gasteiger partial charge in [-0.1, -0.05) is 18.2 Å². The summed E-state index contributed by atoms with van der Waals surface area (Å²) in [5, 5.41) is 14.7. The molecule has 142 valence electrons. The molecule has 0 bridgehead atoms. The van der Waals surface area contributed by atoms with E-state index in [1.54, 1.807) is 36.5 Å². The minimum absolute atomic E-state index is 0.241. The number of halogens is 1. The molecule has 1 amide bonds. The first-order chi connectivity index (χ1) is 13.5. The molecule has 28 heavy (non-hydrogen) atoms. The highest BCUT2D eigenvalue weighted by molar-refractivity contribution is 14.1. The third kappa shape index (κ3) is 5.40. The maximum atomic E-state index is 11.8. The van der Waals surface area contributed by atoms with Crippen LogP contribution in [0.25, 0.3) is 0 Å². The summed E-state index contributed by atoms with van der Waals surface area (Å²) >= 11 is 3.52. The Labute approximate surface area is 179 Å². The lowest BCUT2D eigenvalue weighted by molar-refractivity contribution is 0.0696. The first kappa shape index (κ1) is 20.0.